The average Bonchev–Trinajstić information content (AvgIpc) is 3.22. The zero-order valence-corrected chi connectivity index (χ0v) is 10.8. The summed E-state index contributed by atoms with van der Waals surface area (Å²) < 4.78 is 5.35. The first-order valence-electron chi connectivity index (χ1n) is 6.60. The van der Waals surface area contributed by atoms with Crippen molar-refractivity contribution in [1.82, 2.24) is 5.32 Å². The second kappa shape index (κ2) is 7.11. The van der Waals surface area contributed by atoms with Gasteiger partial charge in [-0.15, -0.1) is 0 Å². The molecule has 1 fully saturated rings. The topological polar surface area (TPSA) is 70.6 Å². The number of urea groups is 1. The van der Waals surface area contributed by atoms with Gasteiger partial charge in [-0.2, -0.15) is 0 Å². The molecule has 104 valence electrons. The molecule has 19 heavy (non-hydrogen) atoms. The van der Waals surface area contributed by atoms with Crippen molar-refractivity contribution < 1.29 is 14.6 Å². The van der Waals surface area contributed by atoms with Crippen LogP contribution in [0.4, 0.5) is 10.5 Å². The first-order chi connectivity index (χ1) is 9.24. The molecule has 0 radical (unpaired) electrons. The fraction of sp³-hybridized carbons (Fsp3) is 0.500. The van der Waals surface area contributed by atoms with Gasteiger partial charge in [0.15, 0.2) is 0 Å². The van der Waals surface area contributed by atoms with Crippen molar-refractivity contribution in [3.8, 4) is 0 Å². The molecule has 0 bridgehead atoms. The number of hydrogen-bond donors (Lipinski definition) is 3. The van der Waals surface area contributed by atoms with Gasteiger partial charge < -0.3 is 20.5 Å². The van der Waals surface area contributed by atoms with Gasteiger partial charge in [-0.1, -0.05) is 18.2 Å². The number of aliphatic hydroxyl groups excluding tert-OH is 1. The van der Waals surface area contributed by atoms with Crippen molar-refractivity contribution in [2.24, 2.45) is 5.92 Å². The van der Waals surface area contributed by atoms with Crippen LogP contribution in [0.25, 0.3) is 0 Å². The van der Waals surface area contributed by atoms with Crippen molar-refractivity contribution in [3.63, 3.8) is 0 Å². The highest BCUT2D eigenvalue weighted by Gasteiger charge is 2.21. The molecule has 5 heteroatoms. The smallest absolute Gasteiger partial charge is 0.319 e. The quantitative estimate of drug-likeness (QED) is 0.700. The Morgan fingerprint density at radius 3 is 2.79 bits per heavy atom. The number of carbonyl (C=O) groups is 1. The van der Waals surface area contributed by atoms with E-state index in [4.69, 9.17) is 4.74 Å². The van der Waals surface area contributed by atoms with Crippen LogP contribution in [-0.2, 0) is 4.74 Å². The molecule has 1 aliphatic carbocycles. The number of amides is 2. The molecule has 0 unspecified atom stereocenters. The van der Waals surface area contributed by atoms with E-state index in [2.05, 4.69) is 10.6 Å². The van der Waals surface area contributed by atoms with Gasteiger partial charge in [-0.05, 0) is 30.9 Å². The summed E-state index contributed by atoms with van der Waals surface area (Å²) in [5.74, 6) is 0.682. The van der Waals surface area contributed by atoms with E-state index in [1.165, 1.54) is 12.8 Å². The minimum absolute atomic E-state index is 0.184. The van der Waals surface area contributed by atoms with Crippen LogP contribution >= 0.6 is 0 Å². The van der Waals surface area contributed by atoms with Gasteiger partial charge in [-0.25, -0.2) is 4.79 Å². The van der Waals surface area contributed by atoms with Crippen LogP contribution in [0.1, 0.15) is 12.8 Å². The molecule has 1 atom stereocenters. The molecule has 0 heterocycles. The Hall–Kier alpha value is -1.59. The maximum atomic E-state index is 11.5. The van der Waals surface area contributed by atoms with E-state index in [9.17, 15) is 9.90 Å². The third-order valence-corrected chi connectivity index (χ3v) is 2.89. The highest BCUT2D eigenvalue weighted by Crippen LogP contribution is 2.28. The van der Waals surface area contributed by atoms with E-state index in [0.717, 1.165) is 5.69 Å². The molecule has 0 aromatic heterocycles. The molecule has 0 aliphatic heterocycles. The molecular formula is C14H20N2O3. The Morgan fingerprint density at radius 2 is 2.11 bits per heavy atom. The first-order valence-corrected chi connectivity index (χ1v) is 6.60. The minimum atomic E-state index is -0.666. The van der Waals surface area contributed by atoms with E-state index in [1.807, 2.05) is 18.2 Å². The monoisotopic (exact) mass is 264 g/mol. The number of rotatable bonds is 7. The number of nitrogens with one attached hydrogen (secondary N) is 2. The van der Waals surface area contributed by atoms with Gasteiger partial charge in [0.2, 0.25) is 0 Å². The second-order valence-electron chi connectivity index (χ2n) is 4.84. The molecule has 1 aliphatic rings. The lowest BCUT2D eigenvalue weighted by molar-refractivity contribution is 0.0339. The second-order valence-corrected chi connectivity index (χ2v) is 4.84. The van der Waals surface area contributed by atoms with E-state index in [1.54, 1.807) is 12.1 Å². The lowest BCUT2D eigenvalue weighted by Gasteiger charge is -2.13. The number of ether oxygens (including phenoxy) is 1. The van der Waals surface area contributed by atoms with Gasteiger partial charge >= 0.3 is 6.03 Å². The Morgan fingerprint density at radius 1 is 1.37 bits per heavy atom. The molecule has 2 amide bonds. The summed E-state index contributed by atoms with van der Waals surface area (Å²) in [5, 5.41) is 14.9. The Labute approximate surface area is 113 Å². The SMILES string of the molecule is O=C(NC[C@H](O)COCC1CC1)Nc1ccccc1. The summed E-state index contributed by atoms with van der Waals surface area (Å²) in [7, 11) is 0. The summed E-state index contributed by atoms with van der Waals surface area (Å²) >= 11 is 0. The van der Waals surface area contributed by atoms with Gasteiger partial charge in [0.25, 0.3) is 0 Å². The van der Waals surface area contributed by atoms with E-state index in [0.29, 0.717) is 12.5 Å². The van der Waals surface area contributed by atoms with Gasteiger partial charge in [0, 0.05) is 18.8 Å². The van der Waals surface area contributed by atoms with Crippen LogP contribution < -0.4 is 10.6 Å². The van der Waals surface area contributed by atoms with Crippen LogP contribution in [0.15, 0.2) is 30.3 Å². The molecule has 5 nitrogen and oxygen atoms in total. The van der Waals surface area contributed by atoms with Crippen molar-refractivity contribution in [2.75, 3.05) is 25.1 Å². The largest absolute Gasteiger partial charge is 0.389 e. The summed E-state index contributed by atoms with van der Waals surface area (Å²) in [5.41, 5.74) is 0.722. The fourth-order valence-corrected chi connectivity index (χ4v) is 1.62. The van der Waals surface area contributed by atoms with E-state index in [-0.39, 0.29) is 19.2 Å². The zero-order chi connectivity index (χ0) is 13.5. The van der Waals surface area contributed by atoms with Crippen molar-refractivity contribution in [1.29, 1.82) is 0 Å². The molecule has 0 saturated heterocycles. The number of aliphatic hydroxyl groups is 1. The van der Waals surface area contributed by atoms with E-state index < -0.39 is 6.10 Å². The number of carbonyl (C=O) groups excluding carboxylic acids is 1. The van der Waals surface area contributed by atoms with Crippen molar-refractivity contribution >= 4 is 11.7 Å². The highest BCUT2D eigenvalue weighted by molar-refractivity contribution is 5.89. The van der Waals surface area contributed by atoms with Crippen LogP contribution in [0, 0.1) is 5.92 Å². The summed E-state index contributed by atoms with van der Waals surface area (Å²) in [6.45, 7) is 1.17. The summed E-state index contributed by atoms with van der Waals surface area (Å²) in [6.07, 6.45) is 1.79. The standard InChI is InChI=1S/C14H20N2O3/c17-13(10-19-9-11-6-7-11)8-15-14(18)16-12-4-2-1-3-5-12/h1-5,11,13,17H,6-10H2,(H2,15,16,18)/t13-/m0/s1. The maximum absolute atomic E-state index is 11.5. The number of hydrogen-bond acceptors (Lipinski definition) is 3. The van der Waals surface area contributed by atoms with Gasteiger partial charge in [0.1, 0.15) is 0 Å². The highest BCUT2D eigenvalue weighted by atomic mass is 16.5. The van der Waals surface area contributed by atoms with Crippen LogP contribution in [0.5, 0.6) is 0 Å². The minimum Gasteiger partial charge on any atom is -0.389 e. The normalized spacial score (nSPS) is 15.8. The van der Waals surface area contributed by atoms with Crippen LogP contribution in [0.3, 0.4) is 0 Å². The Balaban J connectivity index is 1.57. The summed E-state index contributed by atoms with van der Waals surface area (Å²) in [6, 6.07) is 8.84. The molecule has 2 rings (SSSR count). The van der Waals surface area contributed by atoms with E-state index >= 15 is 0 Å². The number of anilines is 1. The van der Waals surface area contributed by atoms with Crippen molar-refractivity contribution in [3.05, 3.63) is 30.3 Å². The molecule has 1 aromatic rings. The Kier molecular flexibility index (Phi) is 5.18. The fourth-order valence-electron chi connectivity index (χ4n) is 1.62. The molecule has 1 saturated carbocycles. The third kappa shape index (κ3) is 5.72. The molecule has 1 aromatic carbocycles. The molecule has 3 N–H and O–H groups in total. The van der Waals surface area contributed by atoms with Gasteiger partial charge in [0.05, 0.1) is 12.7 Å². The lowest BCUT2D eigenvalue weighted by atomic mass is 10.3. The molecule has 0 spiro atoms. The zero-order valence-electron chi connectivity index (χ0n) is 10.8. The lowest BCUT2D eigenvalue weighted by Crippen LogP contribution is -2.37. The van der Waals surface area contributed by atoms with Crippen LogP contribution in [-0.4, -0.2) is 37.0 Å². The van der Waals surface area contributed by atoms with Crippen LogP contribution in [0.2, 0.25) is 0 Å². The number of para-hydroxylation sites is 1. The predicted octanol–water partition coefficient (Wildman–Crippen LogP) is 1.60. The first kappa shape index (κ1) is 13.8. The third-order valence-electron chi connectivity index (χ3n) is 2.89. The average molecular weight is 264 g/mol. The van der Waals surface area contributed by atoms with Crippen molar-refractivity contribution in [2.45, 2.75) is 18.9 Å². The maximum Gasteiger partial charge on any atom is 0.319 e. The predicted molar refractivity (Wildman–Crippen MR) is 73.0 cm³/mol. The summed E-state index contributed by atoms with van der Waals surface area (Å²) in [4.78, 5) is 11.5. The van der Waals surface area contributed by atoms with Gasteiger partial charge in [-0.3, -0.25) is 0 Å². The Bertz CT molecular complexity index is 393. The molecular weight excluding hydrogens is 244 g/mol. The number of benzene rings is 1.